The van der Waals surface area contributed by atoms with E-state index in [-0.39, 0.29) is 17.1 Å². The molecule has 1 heterocycles. The Morgan fingerprint density at radius 3 is 2.48 bits per heavy atom. The SMILES string of the molecule is O=c1[nH]c(O)c(N=Nc2cc([NH+]([O-])O)ccc2O)c(=O)[nH]1. The topological polar surface area (TPSA) is 179 Å². The lowest BCUT2D eigenvalue weighted by Crippen LogP contribution is -2.99. The van der Waals surface area contributed by atoms with Crippen LogP contribution in [-0.4, -0.2) is 25.4 Å². The fourth-order valence-electron chi connectivity index (χ4n) is 1.40. The van der Waals surface area contributed by atoms with Crippen LogP contribution in [-0.2, 0) is 0 Å². The molecule has 21 heavy (non-hydrogen) atoms. The number of benzene rings is 1. The van der Waals surface area contributed by atoms with Gasteiger partial charge in [-0.1, -0.05) is 0 Å². The Kier molecular flexibility index (Phi) is 3.80. The van der Waals surface area contributed by atoms with E-state index < -0.39 is 28.0 Å². The van der Waals surface area contributed by atoms with Crippen molar-refractivity contribution >= 4 is 17.1 Å². The largest absolute Gasteiger partial charge is 0.595 e. The zero-order chi connectivity index (χ0) is 15.6. The maximum atomic E-state index is 11.4. The zero-order valence-corrected chi connectivity index (χ0v) is 10.2. The van der Waals surface area contributed by atoms with Crippen molar-refractivity contribution in [3.63, 3.8) is 0 Å². The fourth-order valence-corrected chi connectivity index (χ4v) is 1.40. The Balaban J connectivity index is 2.45. The van der Waals surface area contributed by atoms with Crippen LogP contribution in [0.5, 0.6) is 11.6 Å². The Labute approximate surface area is 115 Å². The number of phenolic OH excluding ortho intramolecular Hbond substituents is 1. The molecule has 11 heteroatoms. The normalized spacial score (nSPS) is 12.7. The predicted octanol–water partition coefficient (Wildman–Crippen LogP) is -0.707. The second kappa shape index (κ2) is 5.54. The van der Waals surface area contributed by atoms with Gasteiger partial charge in [-0.15, -0.1) is 10.2 Å². The van der Waals surface area contributed by atoms with Crippen molar-refractivity contribution in [1.82, 2.24) is 9.97 Å². The number of phenols is 1. The molecule has 0 radical (unpaired) electrons. The van der Waals surface area contributed by atoms with Gasteiger partial charge in [0.05, 0.1) is 0 Å². The summed E-state index contributed by atoms with van der Waals surface area (Å²) in [6, 6.07) is 3.27. The van der Waals surface area contributed by atoms with Crippen molar-refractivity contribution < 1.29 is 20.6 Å². The summed E-state index contributed by atoms with van der Waals surface area (Å²) in [7, 11) is 0. The molecule has 6 N–H and O–H groups in total. The molecule has 0 aliphatic rings. The lowest BCUT2D eigenvalue weighted by Gasteiger charge is -2.11. The smallest absolute Gasteiger partial charge is 0.328 e. The van der Waals surface area contributed by atoms with Gasteiger partial charge in [0.2, 0.25) is 11.6 Å². The summed E-state index contributed by atoms with van der Waals surface area (Å²) >= 11 is 0. The van der Waals surface area contributed by atoms with Gasteiger partial charge in [0.25, 0.3) is 5.56 Å². The van der Waals surface area contributed by atoms with Crippen LogP contribution in [0.4, 0.5) is 17.1 Å². The van der Waals surface area contributed by atoms with Gasteiger partial charge in [0.1, 0.15) is 11.4 Å². The summed E-state index contributed by atoms with van der Waals surface area (Å²) in [5.74, 6) is -1.18. The van der Waals surface area contributed by atoms with Crippen molar-refractivity contribution in [2.75, 3.05) is 0 Å². The number of aromatic amines is 2. The Morgan fingerprint density at radius 2 is 1.86 bits per heavy atom. The predicted molar refractivity (Wildman–Crippen MR) is 67.4 cm³/mol. The number of rotatable bonds is 3. The molecule has 1 unspecified atom stereocenters. The van der Waals surface area contributed by atoms with Crippen LogP contribution in [0.25, 0.3) is 0 Å². The molecule has 110 valence electrons. The van der Waals surface area contributed by atoms with Crippen LogP contribution in [0, 0.1) is 5.21 Å². The van der Waals surface area contributed by atoms with E-state index in [0.29, 0.717) is 0 Å². The highest BCUT2D eigenvalue weighted by atomic mass is 16.8. The van der Waals surface area contributed by atoms with Gasteiger partial charge in [-0.2, -0.15) is 5.23 Å². The fraction of sp³-hybridized carbons (Fsp3) is 0. The number of nitrogens with zero attached hydrogens (tertiary/aromatic N) is 2. The molecule has 1 aromatic heterocycles. The number of azo groups is 1. The van der Waals surface area contributed by atoms with Crippen molar-refractivity contribution in [3.05, 3.63) is 44.2 Å². The molecule has 0 aliphatic heterocycles. The third-order valence-electron chi connectivity index (χ3n) is 2.38. The van der Waals surface area contributed by atoms with E-state index in [1.54, 1.807) is 0 Å². The summed E-state index contributed by atoms with van der Waals surface area (Å²) in [4.78, 5) is 26.0. The minimum Gasteiger partial charge on any atom is -0.595 e. The van der Waals surface area contributed by atoms with Gasteiger partial charge in [-0.3, -0.25) is 14.8 Å². The van der Waals surface area contributed by atoms with Crippen LogP contribution in [0.2, 0.25) is 0 Å². The van der Waals surface area contributed by atoms with Crippen molar-refractivity contribution in [2.24, 2.45) is 10.2 Å². The van der Waals surface area contributed by atoms with Crippen molar-refractivity contribution in [2.45, 2.75) is 0 Å². The number of nitrogens with one attached hydrogen (secondary N) is 3. The standard InChI is InChI=1S/C10H9N5O6/c16-6-2-1-4(15(20)21)3-5(6)13-14-7-8(17)11-10(19)12-9(7)18/h1-3,15-16,20H,(H3,11,12,17,18,19). The summed E-state index contributed by atoms with van der Waals surface area (Å²) in [5.41, 5.74) is -2.88. The molecule has 1 aromatic carbocycles. The molecule has 0 saturated heterocycles. The molecule has 0 spiro atoms. The molecule has 2 rings (SSSR count). The highest BCUT2D eigenvalue weighted by molar-refractivity contribution is 5.57. The molecule has 0 saturated carbocycles. The molecule has 0 amide bonds. The van der Waals surface area contributed by atoms with E-state index in [1.165, 1.54) is 0 Å². The number of quaternary nitrogens is 1. The van der Waals surface area contributed by atoms with Gasteiger partial charge in [-0.05, 0) is 6.07 Å². The minimum atomic E-state index is -1.24. The average molecular weight is 295 g/mol. The molecule has 0 aliphatic carbocycles. The number of H-pyrrole nitrogens is 2. The summed E-state index contributed by atoms with van der Waals surface area (Å²) in [6.07, 6.45) is 0. The summed E-state index contributed by atoms with van der Waals surface area (Å²) in [6.45, 7) is 0. The molecule has 2 aromatic rings. The van der Waals surface area contributed by atoms with Crippen molar-refractivity contribution in [1.29, 1.82) is 0 Å². The summed E-state index contributed by atoms with van der Waals surface area (Å²) < 4.78 is 0. The first kappa shape index (κ1) is 14.4. The van der Waals surface area contributed by atoms with Crippen LogP contribution in [0.3, 0.4) is 0 Å². The van der Waals surface area contributed by atoms with E-state index in [4.69, 9.17) is 5.21 Å². The molecular formula is C10H9N5O6. The second-order valence-electron chi connectivity index (χ2n) is 3.81. The number of aromatic nitrogens is 2. The molecular weight excluding hydrogens is 286 g/mol. The third-order valence-corrected chi connectivity index (χ3v) is 2.38. The van der Waals surface area contributed by atoms with E-state index in [1.807, 2.05) is 9.97 Å². The highest BCUT2D eigenvalue weighted by Crippen LogP contribution is 2.30. The highest BCUT2D eigenvalue weighted by Gasteiger charge is 2.10. The van der Waals surface area contributed by atoms with Gasteiger partial charge in [-0.25, -0.2) is 10.0 Å². The van der Waals surface area contributed by atoms with Crippen LogP contribution in [0.1, 0.15) is 0 Å². The zero-order valence-electron chi connectivity index (χ0n) is 10.2. The lowest BCUT2D eigenvalue weighted by atomic mass is 10.2. The van der Waals surface area contributed by atoms with E-state index in [2.05, 4.69) is 10.2 Å². The first-order valence-corrected chi connectivity index (χ1v) is 5.42. The first-order chi connectivity index (χ1) is 9.88. The molecule has 11 nitrogen and oxygen atoms in total. The number of hydrogen-bond donors (Lipinski definition) is 6. The van der Waals surface area contributed by atoms with E-state index >= 15 is 0 Å². The Hall–Kier alpha value is -3.02. The van der Waals surface area contributed by atoms with Gasteiger partial charge < -0.3 is 15.4 Å². The van der Waals surface area contributed by atoms with Crippen molar-refractivity contribution in [3.8, 4) is 11.6 Å². The molecule has 0 bridgehead atoms. The molecule has 0 fully saturated rings. The Morgan fingerprint density at radius 1 is 1.14 bits per heavy atom. The van der Waals surface area contributed by atoms with Gasteiger partial charge in [0.15, 0.2) is 5.69 Å². The summed E-state index contributed by atoms with van der Waals surface area (Å²) in [5, 5.41) is 44.1. The maximum absolute atomic E-state index is 11.4. The average Bonchev–Trinajstić information content (AvgIpc) is 2.39. The molecule has 1 atom stereocenters. The Bertz CT molecular complexity index is 808. The number of aromatic hydroxyl groups is 2. The van der Waals surface area contributed by atoms with Crippen LogP contribution >= 0.6 is 0 Å². The number of hydrogen-bond acceptors (Lipinski definition) is 8. The first-order valence-electron chi connectivity index (χ1n) is 5.42. The quantitative estimate of drug-likeness (QED) is 0.247. The van der Waals surface area contributed by atoms with Crippen LogP contribution in [0.15, 0.2) is 38.0 Å². The monoisotopic (exact) mass is 295 g/mol. The van der Waals surface area contributed by atoms with Crippen LogP contribution < -0.4 is 16.5 Å². The van der Waals surface area contributed by atoms with E-state index in [9.17, 15) is 25.0 Å². The van der Waals surface area contributed by atoms with Gasteiger partial charge in [0, 0.05) is 12.1 Å². The van der Waals surface area contributed by atoms with E-state index in [0.717, 1.165) is 18.2 Å². The van der Waals surface area contributed by atoms with Gasteiger partial charge >= 0.3 is 5.69 Å². The lowest BCUT2D eigenvalue weighted by molar-refractivity contribution is -0.991. The second-order valence-corrected chi connectivity index (χ2v) is 3.81. The minimum absolute atomic E-state index is 0.152. The maximum Gasteiger partial charge on any atom is 0.328 e. The third kappa shape index (κ3) is 3.11.